The van der Waals surface area contributed by atoms with Crippen LogP contribution in [-0.4, -0.2) is 15.6 Å². The summed E-state index contributed by atoms with van der Waals surface area (Å²) in [6.07, 6.45) is 1.51. The fourth-order valence-electron chi connectivity index (χ4n) is 2.39. The second-order valence-corrected chi connectivity index (χ2v) is 5.32. The summed E-state index contributed by atoms with van der Waals surface area (Å²) in [6, 6.07) is 10.2. The Labute approximate surface area is 138 Å². The van der Waals surface area contributed by atoms with Gasteiger partial charge in [-0.3, -0.25) is 0 Å². The van der Waals surface area contributed by atoms with Crippen molar-refractivity contribution < 1.29 is 9.90 Å². The summed E-state index contributed by atoms with van der Waals surface area (Å²) in [6.45, 7) is 3.69. The predicted octanol–water partition coefficient (Wildman–Crippen LogP) is 3.88. The van der Waals surface area contributed by atoms with Crippen molar-refractivity contribution in [1.29, 1.82) is 10.5 Å². The molecule has 0 saturated carbocycles. The number of aryl methyl sites for hydroxylation is 1. The maximum absolute atomic E-state index is 11.2. The van der Waals surface area contributed by atoms with Gasteiger partial charge < -0.3 is 9.67 Å². The van der Waals surface area contributed by atoms with Crippen molar-refractivity contribution in [3.63, 3.8) is 0 Å². The van der Waals surface area contributed by atoms with Gasteiger partial charge in [0.1, 0.15) is 17.7 Å². The first-order valence-electron chi connectivity index (χ1n) is 6.63. The average Bonchev–Trinajstić information content (AvgIpc) is 2.79. The summed E-state index contributed by atoms with van der Waals surface area (Å²) in [7, 11) is 0. The largest absolute Gasteiger partial charge is 0.478 e. The van der Waals surface area contributed by atoms with Crippen LogP contribution in [0.4, 0.5) is 0 Å². The van der Waals surface area contributed by atoms with Crippen LogP contribution in [0.2, 0.25) is 5.02 Å². The molecule has 0 fully saturated rings. The summed E-state index contributed by atoms with van der Waals surface area (Å²) in [4.78, 5) is 11.2. The first-order valence-corrected chi connectivity index (χ1v) is 7.01. The molecule has 0 bridgehead atoms. The van der Waals surface area contributed by atoms with Crippen molar-refractivity contribution in [2.45, 2.75) is 13.8 Å². The molecule has 0 radical (unpaired) electrons. The topological polar surface area (TPSA) is 89.8 Å². The molecule has 0 amide bonds. The number of aromatic nitrogens is 1. The summed E-state index contributed by atoms with van der Waals surface area (Å²) >= 11 is 5.90. The van der Waals surface area contributed by atoms with Crippen LogP contribution in [0.3, 0.4) is 0 Å². The Morgan fingerprint density at radius 3 is 2.48 bits per heavy atom. The minimum absolute atomic E-state index is 0.00702. The van der Waals surface area contributed by atoms with Gasteiger partial charge in [-0.05, 0) is 49.8 Å². The Morgan fingerprint density at radius 2 is 1.91 bits per heavy atom. The third-order valence-electron chi connectivity index (χ3n) is 3.45. The fraction of sp³-hybridized carbons (Fsp3) is 0.118. The van der Waals surface area contributed by atoms with Crippen LogP contribution in [0.25, 0.3) is 11.8 Å². The van der Waals surface area contributed by atoms with E-state index >= 15 is 0 Å². The molecule has 1 heterocycles. The van der Waals surface area contributed by atoms with E-state index in [-0.39, 0.29) is 16.2 Å². The number of carbonyl (C=O) groups is 1. The van der Waals surface area contributed by atoms with Crippen LogP contribution >= 0.6 is 11.6 Å². The number of hydrogen-bond donors (Lipinski definition) is 1. The van der Waals surface area contributed by atoms with E-state index in [0.717, 1.165) is 17.0 Å². The van der Waals surface area contributed by atoms with Gasteiger partial charge >= 0.3 is 5.97 Å². The Bertz CT molecular complexity index is 895. The fourth-order valence-corrected chi connectivity index (χ4v) is 2.59. The van der Waals surface area contributed by atoms with E-state index in [1.54, 1.807) is 6.07 Å². The smallest absolute Gasteiger partial charge is 0.337 e. The number of carboxylic acid groups (broad SMARTS) is 1. The molecule has 6 heteroatoms. The highest BCUT2D eigenvalue weighted by molar-refractivity contribution is 6.33. The van der Waals surface area contributed by atoms with Crippen LogP contribution in [0.1, 0.15) is 27.3 Å². The van der Waals surface area contributed by atoms with Crippen molar-refractivity contribution in [1.82, 2.24) is 4.57 Å². The molecule has 5 nitrogen and oxygen atoms in total. The monoisotopic (exact) mass is 325 g/mol. The molecular formula is C17H12ClN3O2. The molecule has 0 spiro atoms. The predicted molar refractivity (Wildman–Crippen MR) is 86.4 cm³/mol. The van der Waals surface area contributed by atoms with Gasteiger partial charge in [0.15, 0.2) is 0 Å². The molecule has 0 aliphatic carbocycles. The highest BCUT2D eigenvalue weighted by Gasteiger charge is 2.14. The lowest BCUT2D eigenvalue weighted by molar-refractivity contribution is 0.0697. The van der Waals surface area contributed by atoms with E-state index in [9.17, 15) is 9.90 Å². The number of carboxylic acids is 1. The van der Waals surface area contributed by atoms with Gasteiger partial charge in [0.25, 0.3) is 0 Å². The first kappa shape index (κ1) is 16.4. The molecule has 0 aliphatic rings. The Morgan fingerprint density at radius 1 is 1.26 bits per heavy atom. The van der Waals surface area contributed by atoms with Crippen LogP contribution in [0, 0.1) is 36.5 Å². The number of halogens is 1. The van der Waals surface area contributed by atoms with Gasteiger partial charge in [-0.15, -0.1) is 0 Å². The van der Waals surface area contributed by atoms with Crippen molar-refractivity contribution in [3.05, 3.63) is 57.4 Å². The Balaban J connectivity index is 2.63. The van der Waals surface area contributed by atoms with Crippen molar-refractivity contribution in [3.8, 4) is 17.8 Å². The zero-order valence-corrected chi connectivity index (χ0v) is 13.2. The van der Waals surface area contributed by atoms with Gasteiger partial charge in [0, 0.05) is 17.1 Å². The quantitative estimate of drug-likeness (QED) is 0.867. The van der Waals surface area contributed by atoms with E-state index in [1.165, 1.54) is 18.2 Å². The van der Waals surface area contributed by atoms with E-state index in [2.05, 4.69) is 0 Å². The molecule has 114 valence electrons. The van der Waals surface area contributed by atoms with E-state index in [4.69, 9.17) is 22.1 Å². The van der Waals surface area contributed by atoms with Crippen molar-refractivity contribution >= 4 is 23.6 Å². The molecule has 2 rings (SSSR count). The van der Waals surface area contributed by atoms with Gasteiger partial charge in [0.05, 0.1) is 10.6 Å². The first-order chi connectivity index (χ1) is 10.9. The summed E-state index contributed by atoms with van der Waals surface area (Å²) in [5.74, 6) is -1.10. The third-order valence-corrected chi connectivity index (χ3v) is 3.78. The minimum Gasteiger partial charge on any atom is -0.478 e. The second kappa shape index (κ2) is 6.39. The number of nitrogens with zero attached hydrogens (tertiary/aromatic N) is 3. The minimum atomic E-state index is -1.10. The molecule has 1 aromatic carbocycles. The molecular weight excluding hydrogens is 314 g/mol. The van der Waals surface area contributed by atoms with Gasteiger partial charge in [-0.25, -0.2) is 4.79 Å². The molecule has 0 saturated heterocycles. The molecule has 1 aromatic heterocycles. The maximum atomic E-state index is 11.2. The molecule has 0 atom stereocenters. The van der Waals surface area contributed by atoms with Gasteiger partial charge in [0.2, 0.25) is 0 Å². The lowest BCUT2D eigenvalue weighted by atomic mass is 10.1. The number of aromatic carboxylic acids is 1. The number of rotatable bonds is 3. The normalized spacial score (nSPS) is 9.78. The lowest BCUT2D eigenvalue weighted by Crippen LogP contribution is -2.03. The SMILES string of the molecule is Cc1cc(C=C(C#N)C#N)c(C)n1-c1ccc(Cl)c(C(=O)O)c1. The van der Waals surface area contributed by atoms with Crippen LogP contribution < -0.4 is 0 Å². The van der Waals surface area contributed by atoms with Crippen LogP contribution in [0.15, 0.2) is 29.8 Å². The second-order valence-electron chi connectivity index (χ2n) is 4.91. The summed E-state index contributed by atoms with van der Waals surface area (Å²) in [5, 5.41) is 27.1. The highest BCUT2D eigenvalue weighted by atomic mass is 35.5. The maximum Gasteiger partial charge on any atom is 0.337 e. The Hall–Kier alpha value is -3.02. The molecule has 0 aliphatic heterocycles. The Kier molecular flexibility index (Phi) is 4.55. The third kappa shape index (κ3) is 3.11. The van der Waals surface area contributed by atoms with Crippen LogP contribution in [-0.2, 0) is 0 Å². The number of hydrogen-bond acceptors (Lipinski definition) is 3. The van der Waals surface area contributed by atoms with Gasteiger partial charge in [-0.2, -0.15) is 10.5 Å². The number of nitriles is 2. The standard InChI is InChI=1S/C17H12ClN3O2/c1-10-5-13(6-12(8-19)9-20)11(2)21(10)14-3-4-16(18)15(7-14)17(22)23/h3-7H,1-2H3,(H,22,23). The van der Waals surface area contributed by atoms with E-state index in [0.29, 0.717) is 5.69 Å². The van der Waals surface area contributed by atoms with Crippen molar-refractivity contribution in [2.24, 2.45) is 0 Å². The summed E-state index contributed by atoms with van der Waals surface area (Å²) < 4.78 is 1.85. The number of benzene rings is 1. The summed E-state index contributed by atoms with van der Waals surface area (Å²) in [5.41, 5.74) is 3.05. The number of allylic oxidation sites excluding steroid dienone is 1. The molecule has 2 aromatic rings. The van der Waals surface area contributed by atoms with Gasteiger partial charge in [-0.1, -0.05) is 11.6 Å². The zero-order valence-electron chi connectivity index (χ0n) is 12.5. The average molecular weight is 326 g/mol. The molecule has 1 N–H and O–H groups in total. The van der Waals surface area contributed by atoms with E-state index in [1.807, 2.05) is 36.6 Å². The molecule has 0 unspecified atom stereocenters. The lowest BCUT2D eigenvalue weighted by Gasteiger charge is -2.11. The zero-order chi connectivity index (χ0) is 17.1. The highest BCUT2D eigenvalue weighted by Crippen LogP contribution is 2.26. The van der Waals surface area contributed by atoms with E-state index < -0.39 is 5.97 Å². The van der Waals surface area contributed by atoms with Crippen LogP contribution in [0.5, 0.6) is 0 Å². The molecule has 23 heavy (non-hydrogen) atoms. The van der Waals surface area contributed by atoms with Crippen molar-refractivity contribution in [2.75, 3.05) is 0 Å².